The summed E-state index contributed by atoms with van der Waals surface area (Å²) in [6, 6.07) is 9.51. The van der Waals surface area contributed by atoms with E-state index in [2.05, 4.69) is 5.43 Å². The highest BCUT2D eigenvalue weighted by atomic mass is 19.4. The van der Waals surface area contributed by atoms with Crippen LogP contribution in [0.3, 0.4) is 0 Å². The van der Waals surface area contributed by atoms with Gasteiger partial charge in [0.1, 0.15) is 0 Å². The molecule has 1 unspecified atom stereocenters. The van der Waals surface area contributed by atoms with E-state index in [4.69, 9.17) is 0 Å². The maximum absolute atomic E-state index is 13.9. The first-order valence-corrected chi connectivity index (χ1v) is 7.72. The lowest BCUT2D eigenvalue weighted by Crippen LogP contribution is -2.51. The molecule has 1 aliphatic heterocycles. The molecule has 1 saturated heterocycles. The van der Waals surface area contributed by atoms with Crippen LogP contribution in [0.15, 0.2) is 36.4 Å². The van der Waals surface area contributed by atoms with Gasteiger partial charge in [-0.15, -0.1) is 0 Å². The zero-order valence-corrected chi connectivity index (χ0v) is 13.7. The zero-order chi connectivity index (χ0) is 18.4. The van der Waals surface area contributed by atoms with Gasteiger partial charge in [0.25, 0.3) is 0 Å². The molecule has 0 bridgehead atoms. The second kappa shape index (κ2) is 5.74. The van der Waals surface area contributed by atoms with Crippen molar-refractivity contribution in [3.05, 3.63) is 47.5 Å². The second-order valence-electron chi connectivity index (χ2n) is 6.74. The fourth-order valence-electron chi connectivity index (χ4n) is 3.26. The Balaban J connectivity index is 2.23. The first kappa shape index (κ1) is 17.2. The minimum atomic E-state index is -4.66. The summed E-state index contributed by atoms with van der Waals surface area (Å²) in [6.07, 6.45) is -4.71. The number of halogens is 3. The lowest BCUT2D eigenvalue weighted by atomic mass is 9.92. The Labute approximate surface area is 142 Å². The van der Waals surface area contributed by atoms with Crippen molar-refractivity contribution >= 4 is 16.7 Å². The third-order valence-electron chi connectivity index (χ3n) is 4.39. The molecule has 2 aromatic rings. The van der Waals surface area contributed by atoms with Gasteiger partial charge >= 0.3 is 6.18 Å². The summed E-state index contributed by atoms with van der Waals surface area (Å²) in [5.41, 5.74) is 1.06. The molecule has 25 heavy (non-hydrogen) atoms. The molecule has 0 aliphatic carbocycles. The molecule has 1 heterocycles. The van der Waals surface area contributed by atoms with E-state index >= 15 is 0 Å². The van der Waals surface area contributed by atoms with Crippen LogP contribution < -0.4 is 5.43 Å². The minimum Gasteiger partial charge on any atom is -0.287 e. The number of hydrazine groups is 1. The summed E-state index contributed by atoms with van der Waals surface area (Å²) in [5.74, 6) is -0.474. The molecule has 130 valence electrons. The van der Waals surface area contributed by atoms with Crippen LogP contribution in [0.5, 0.6) is 0 Å². The Hall–Kier alpha value is -2.59. The van der Waals surface area contributed by atoms with E-state index in [1.807, 2.05) is 6.07 Å². The summed E-state index contributed by atoms with van der Waals surface area (Å²) < 4.78 is 41.8. The second-order valence-corrected chi connectivity index (χ2v) is 6.74. The van der Waals surface area contributed by atoms with Gasteiger partial charge in [-0.3, -0.25) is 10.2 Å². The van der Waals surface area contributed by atoms with Crippen LogP contribution in [0.4, 0.5) is 13.2 Å². The highest BCUT2D eigenvalue weighted by Crippen LogP contribution is 2.44. The van der Waals surface area contributed by atoms with Crippen LogP contribution in [-0.4, -0.2) is 22.6 Å². The van der Waals surface area contributed by atoms with Gasteiger partial charge in [0, 0.05) is 12.0 Å². The fourth-order valence-corrected chi connectivity index (χ4v) is 3.26. The lowest BCUT2D eigenvalue weighted by Gasteiger charge is -2.38. The molecule has 0 spiro atoms. The number of benzene rings is 2. The van der Waals surface area contributed by atoms with Gasteiger partial charge in [-0.1, -0.05) is 24.3 Å². The fraction of sp³-hybridized carbons (Fsp3) is 0.333. The SMILES string of the molecule is CC1(C)CC(=O)NN1C(c1cc2ccccc2cc1C#N)C(F)(F)F. The molecule has 2 aromatic carbocycles. The summed E-state index contributed by atoms with van der Waals surface area (Å²) in [7, 11) is 0. The van der Waals surface area contributed by atoms with Gasteiger partial charge in [-0.2, -0.15) is 23.4 Å². The number of hydrogen-bond acceptors (Lipinski definition) is 3. The number of rotatable bonds is 2. The number of nitrogens with one attached hydrogen (secondary N) is 1. The van der Waals surface area contributed by atoms with Gasteiger partial charge in [0.05, 0.1) is 11.6 Å². The van der Waals surface area contributed by atoms with Crippen LogP contribution >= 0.6 is 0 Å². The summed E-state index contributed by atoms with van der Waals surface area (Å²) in [4.78, 5) is 11.7. The van der Waals surface area contributed by atoms with Crippen LogP contribution in [0.1, 0.15) is 37.4 Å². The van der Waals surface area contributed by atoms with Crippen molar-refractivity contribution in [1.29, 1.82) is 5.26 Å². The molecule has 1 atom stereocenters. The van der Waals surface area contributed by atoms with Crippen molar-refractivity contribution in [2.45, 2.75) is 38.0 Å². The molecule has 7 heteroatoms. The normalized spacial score (nSPS) is 18.8. The van der Waals surface area contributed by atoms with Crippen LogP contribution in [0, 0.1) is 11.3 Å². The predicted molar refractivity (Wildman–Crippen MR) is 86.1 cm³/mol. The average molecular weight is 347 g/mol. The monoisotopic (exact) mass is 347 g/mol. The molecule has 4 nitrogen and oxygen atoms in total. The number of hydrogen-bond donors (Lipinski definition) is 1. The van der Waals surface area contributed by atoms with Crippen molar-refractivity contribution < 1.29 is 18.0 Å². The van der Waals surface area contributed by atoms with E-state index in [9.17, 15) is 23.2 Å². The quantitative estimate of drug-likeness (QED) is 0.898. The summed E-state index contributed by atoms with van der Waals surface area (Å²) in [6.45, 7) is 3.13. The molecule has 0 aromatic heterocycles. The number of nitrogens with zero attached hydrogens (tertiary/aromatic N) is 2. The molecule has 0 radical (unpaired) electrons. The average Bonchev–Trinajstić information content (AvgIpc) is 2.77. The van der Waals surface area contributed by atoms with Gasteiger partial charge in [0.15, 0.2) is 6.04 Å². The van der Waals surface area contributed by atoms with Crippen LogP contribution in [0.2, 0.25) is 0 Å². The van der Waals surface area contributed by atoms with Crippen molar-refractivity contribution in [3.8, 4) is 6.07 Å². The van der Waals surface area contributed by atoms with E-state index in [0.717, 1.165) is 5.01 Å². The highest BCUT2D eigenvalue weighted by molar-refractivity contribution is 5.85. The van der Waals surface area contributed by atoms with Crippen molar-refractivity contribution in [1.82, 2.24) is 10.4 Å². The summed E-state index contributed by atoms with van der Waals surface area (Å²) >= 11 is 0. The Morgan fingerprint density at radius 3 is 2.32 bits per heavy atom. The smallest absolute Gasteiger partial charge is 0.287 e. The Bertz CT molecular complexity index is 883. The third kappa shape index (κ3) is 3.05. The van der Waals surface area contributed by atoms with E-state index in [-0.39, 0.29) is 17.5 Å². The molecule has 3 rings (SSSR count). The maximum Gasteiger partial charge on any atom is 0.409 e. The van der Waals surface area contributed by atoms with Gasteiger partial charge in [-0.05, 0) is 42.3 Å². The summed E-state index contributed by atoms with van der Waals surface area (Å²) in [5, 5.41) is 11.6. The maximum atomic E-state index is 13.9. The molecule has 1 fully saturated rings. The van der Waals surface area contributed by atoms with Crippen LogP contribution in [-0.2, 0) is 4.79 Å². The van der Waals surface area contributed by atoms with Gasteiger partial charge in [0.2, 0.25) is 5.91 Å². The van der Waals surface area contributed by atoms with E-state index in [1.165, 1.54) is 12.1 Å². The molecule has 1 amide bonds. The molecule has 1 aliphatic rings. The minimum absolute atomic E-state index is 0.0466. The van der Waals surface area contributed by atoms with Gasteiger partial charge < -0.3 is 0 Å². The predicted octanol–water partition coefficient (Wildman–Crippen LogP) is 3.83. The Morgan fingerprint density at radius 1 is 1.24 bits per heavy atom. The Kier molecular flexibility index (Phi) is 3.96. The van der Waals surface area contributed by atoms with Crippen molar-refractivity contribution in [2.75, 3.05) is 0 Å². The number of amides is 1. The first-order valence-electron chi connectivity index (χ1n) is 7.72. The van der Waals surface area contributed by atoms with E-state index in [0.29, 0.717) is 10.8 Å². The number of fused-ring (bicyclic) bond motifs is 1. The largest absolute Gasteiger partial charge is 0.409 e. The molecular weight excluding hydrogens is 331 g/mol. The van der Waals surface area contributed by atoms with Gasteiger partial charge in [-0.25, -0.2) is 0 Å². The molecule has 1 N–H and O–H groups in total. The Morgan fingerprint density at radius 2 is 1.84 bits per heavy atom. The van der Waals surface area contributed by atoms with E-state index < -0.39 is 23.7 Å². The first-order chi connectivity index (χ1) is 11.6. The number of alkyl halides is 3. The number of carbonyl (C=O) groups is 1. The third-order valence-corrected chi connectivity index (χ3v) is 4.39. The number of carbonyl (C=O) groups excluding carboxylic acids is 1. The number of nitriles is 1. The lowest BCUT2D eigenvalue weighted by molar-refractivity contribution is -0.203. The zero-order valence-electron chi connectivity index (χ0n) is 13.7. The van der Waals surface area contributed by atoms with Crippen molar-refractivity contribution in [3.63, 3.8) is 0 Å². The standard InChI is InChI=1S/C18H16F3N3O/c1-17(2)9-15(25)23-24(17)16(18(19,20)21)14-8-12-6-4-3-5-11(12)7-13(14)10-22/h3-8,16H,9H2,1-2H3,(H,23,25). The van der Waals surface area contributed by atoms with Crippen molar-refractivity contribution in [2.24, 2.45) is 0 Å². The van der Waals surface area contributed by atoms with E-state index in [1.54, 1.807) is 38.1 Å². The highest BCUT2D eigenvalue weighted by Gasteiger charge is 2.53. The van der Waals surface area contributed by atoms with Crippen LogP contribution in [0.25, 0.3) is 10.8 Å². The molecule has 0 saturated carbocycles. The topological polar surface area (TPSA) is 56.1 Å². The molecular formula is C18H16F3N3O.